The molecule has 2 fully saturated rings. The average molecular weight is 741 g/mol. The Hall–Kier alpha value is -5.84. The summed E-state index contributed by atoms with van der Waals surface area (Å²) in [6, 6.07) is 1.73. The lowest BCUT2D eigenvalue weighted by atomic mass is 10.0. The fourth-order valence-electron chi connectivity index (χ4n) is 6.93. The monoisotopic (exact) mass is 740 g/mol. The number of ether oxygens (including phenoxy) is 2. The Morgan fingerprint density at radius 3 is 1.93 bits per heavy atom. The molecular weight excluding hydrogens is 688 g/mol. The van der Waals surface area contributed by atoms with Gasteiger partial charge >= 0.3 is 12.2 Å². The molecule has 0 saturated carbocycles. The topological polar surface area (TPSA) is 175 Å². The first-order chi connectivity index (χ1) is 27.6. The lowest BCUT2D eigenvalue weighted by molar-refractivity contribution is -0.136. The molecule has 0 bridgehead atoms. The third-order valence-electron chi connectivity index (χ3n) is 9.81. The second-order valence-electron chi connectivity index (χ2n) is 14.1. The number of nitrogens with one attached hydrogen (secondary N) is 4. The third kappa shape index (κ3) is 8.20. The Bertz CT molecular complexity index is 2270. The number of alkyl carbamates (subject to hydrolysis) is 2. The van der Waals surface area contributed by atoms with Gasteiger partial charge < -0.3 is 39.9 Å². The van der Waals surface area contributed by atoms with Crippen LogP contribution in [0.4, 0.5) is 9.59 Å². The van der Waals surface area contributed by atoms with Crippen LogP contribution in [0.25, 0.3) is 22.3 Å². The van der Waals surface area contributed by atoms with Crippen molar-refractivity contribution < 1.29 is 34.1 Å². The molecule has 4 atom stereocenters. The molecule has 4 heterocycles. The molecule has 6 rings (SSSR count). The molecule has 4 amide bonds. The Kier molecular flexibility index (Phi) is 9.99. The summed E-state index contributed by atoms with van der Waals surface area (Å²) in [5.41, 5.74) is 2.08. The van der Waals surface area contributed by atoms with Crippen LogP contribution >= 0.6 is 0 Å². The standard InChI is InChI=1S/C40H48N8O6/c1-23(2)33(45-39(51)53-5)37(49)47-19-7-9-31(47)35-41-22-30(44-35)27-16-13-25(14-17-27)11-12-26-15-18-28-29(21-26)43-36(42-28)32-10-8-20-48(32)38(50)34(24(3)4)46-40(52)54-6/h13-18,21-24,31-34H,7-10,19-20H2,1-6H3,(H,41,44)(H,42,43)(H,45,51)(H,46,52)/t31-,32-,33-,34-/m0/s1/i13D,14D,16D,17D. The van der Waals surface area contributed by atoms with E-state index in [1.807, 2.05) is 27.7 Å². The van der Waals surface area contributed by atoms with Crippen LogP contribution in [0.3, 0.4) is 0 Å². The molecule has 4 aromatic rings. The van der Waals surface area contributed by atoms with Crippen LogP contribution in [-0.4, -0.2) is 93.1 Å². The second-order valence-corrected chi connectivity index (χ2v) is 14.1. The summed E-state index contributed by atoms with van der Waals surface area (Å²) in [7, 11) is 2.49. The van der Waals surface area contributed by atoms with Gasteiger partial charge in [0, 0.05) is 24.2 Å². The predicted octanol–water partition coefficient (Wildman–Crippen LogP) is 5.44. The molecule has 2 aliphatic rings. The highest BCUT2D eigenvalue weighted by molar-refractivity contribution is 5.87. The highest BCUT2D eigenvalue weighted by Crippen LogP contribution is 2.34. The fraction of sp³-hybridized carbons (Fsp3) is 0.450. The van der Waals surface area contributed by atoms with Crippen LogP contribution in [0.15, 0.2) is 48.6 Å². The molecule has 0 spiro atoms. The number of hydrogen-bond donors (Lipinski definition) is 4. The van der Waals surface area contributed by atoms with Gasteiger partial charge in [-0.3, -0.25) is 9.59 Å². The molecule has 2 aromatic heterocycles. The van der Waals surface area contributed by atoms with Gasteiger partial charge in [-0.1, -0.05) is 51.6 Å². The van der Waals surface area contributed by atoms with Crippen molar-refractivity contribution in [1.82, 2.24) is 40.4 Å². The first kappa shape index (κ1) is 32.8. The quantitative estimate of drug-likeness (QED) is 0.164. The van der Waals surface area contributed by atoms with Gasteiger partial charge in [-0.05, 0) is 73.4 Å². The molecule has 54 heavy (non-hydrogen) atoms. The molecule has 0 aliphatic carbocycles. The summed E-state index contributed by atoms with van der Waals surface area (Å²) in [5.74, 6) is 6.00. The van der Waals surface area contributed by atoms with Crippen molar-refractivity contribution in [3.8, 4) is 23.1 Å². The summed E-state index contributed by atoms with van der Waals surface area (Å²) in [6.45, 7) is 8.33. The molecule has 2 aliphatic heterocycles. The number of likely N-dealkylation sites (tertiary alicyclic amines) is 2. The smallest absolute Gasteiger partial charge is 0.407 e. The van der Waals surface area contributed by atoms with Crippen LogP contribution in [0.1, 0.15) is 93.7 Å². The highest BCUT2D eigenvalue weighted by Gasteiger charge is 2.39. The minimum atomic E-state index is -0.812. The molecule has 2 saturated heterocycles. The number of rotatable bonds is 9. The highest BCUT2D eigenvalue weighted by atomic mass is 16.5. The van der Waals surface area contributed by atoms with E-state index in [0.717, 1.165) is 6.42 Å². The maximum atomic E-state index is 13.6. The number of aromatic amines is 2. The largest absolute Gasteiger partial charge is 0.453 e. The number of H-pyrrole nitrogens is 2. The SMILES string of the molecule is [2H]c1c([2H])c(-c2cnc([C@@H]3CCCN3C(=O)[C@@H](NC(=O)OC)C(C)C)[nH]2)c([2H])c([2H])c1C#Cc1ccc2nc([C@@H]3CCCN3C(=O)[C@@H](NC(=O)OC)C(C)C)[nH]c2c1. The molecule has 0 unspecified atom stereocenters. The van der Waals surface area contributed by atoms with Gasteiger partial charge in [-0.15, -0.1) is 0 Å². The van der Waals surface area contributed by atoms with Crippen molar-refractivity contribution in [1.29, 1.82) is 0 Å². The number of amides is 4. The fourth-order valence-corrected chi connectivity index (χ4v) is 6.93. The Balaban J connectivity index is 1.22. The van der Waals surface area contributed by atoms with Crippen molar-refractivity contribution in [2.75, 3.05) is 27.3 Å². The molecule has 0 radical (unpaired) electrons. The van der Waals surface area contributed by atoms with Crippen molar-refractivity contribution in [2.45, 2.75) is 77.5 Å². The van der Waals surface area contributed by atoms with Gasteiger partial charge in [-0.2, -0.15) is 0 Å². The summed E-state index contributed by atoms with van der Waals surface area (Å²) in [6.07, 6.45) is 2.82. The number of nitrogens with zero attached hydrogens (tertiary/aromatic N) is 4. The van der Waals surface area contributed by atoms with Gasteiger partial charge in [0.2, 0.25) is 11.8 Å². The van der Waals surface area contributed by atoms with Gasteiger partial charge in [0.05, 0.1) is 54.7 Å². The zero-order valence-electron chi connectivity index (χ0n) is 35.3. The minimum Gasteiger partial charge on any atom is -0.453 e. The number of carbonyl (C=O) groups excluding carboxylic acids is 4. The third-order valence-corrected chi connectivity index (χ3v) is 9.81. The van der Waals surface area contributed by atoms with Crippen molar-refractivity contribution in [2.24, 2.45) is 11.8 Å². The summed E-state index contributed by atoms with van der Waals surface area (Å²) < 4.78 is 44.7. The van der Waals surface area contributed by atoms with E-state index in [-0.39, 0.29) is 70.7 Å². The first-order valence-electron chi connectivity index (χ1n) is 20.1. The Morgan fingerprint density at radius 2 is 1.37 bits per heavy atom. The molecule has 14 heteroatoms. The number of hydrogen-bond acceptors (Lipinski definition) is 8. The van der Waals surface area contributed by atoms with E-state index in [1.165, 1.54) is 20.4 Å². The average Bonchev–Trinajstić information content (AvgIpc) is 4.03. The van der Waals surface area contributed by atoms with Gasteiger partial charge in [0.1, 0.15) is 23.7 Å². The Labute approximate surface area is 320 Å². The van der Waals surface area contributed by atoms with Crippen LogP contribution in [-0.2, 0) is 19.1 Å². The van der Waals surface area contributed by atoms with Crippen LogP contribution in [0.5, 0.6) is 0 Å². The lowest BCUT2D eigenvalue weighted by Crippen LogP contribution is -2.51. The first-order valence-corrected chi connectivity index (χ1v) is 18.1. The van der Waals surface area contributed by atoms with E-state index in [9.17, 15) is 19.2 Å². The van der Waals surface area contributed by atoms with E-state index < -0.39 is 30.3 Å². The second kappa shape index (κ2) is 16.4. The number of benzene rings is 2. The van der Waals surface area contributed by atoms with Crippen molar-refractivity contribution in [3.63, 3.8) is 0 Å². The van der Waals surface area contributed by atoms with E-state index >= 15 is 0 Å². The predicted molar refractivity (Wildman–Crippen MR) is 202 cm³/mol. The van der Waals surface area contributed by atoms with Crippen LogP contribution in [0.2, 0.25) is 0 Å². The maximum absolute atomic E-state index is 13.6. The molecular formula is C40H48N8O6. The summed E-state index contributed by atoms with van der Waals surface area (Å²) in [5, 5.41) is 5.27. The number of carbonyl (C=O) groups is 4. The zero-order valence-corrected chi connectivity index (χ0v) is 31.3. The number of fused-ring (bicyclic) bond motifs is 1. The van der Waals surface area contributed by atoms with E-state index in [1.54, 1.807) is 28.0 Å². The van der Waals surface area contributed by atoms with Crippen molar-refractivity contribution in [3.05, 3.63) is 71.3 Å². The van der Waals surface area contributed by atoms with Crippen LogP contribution in [0, 0.1) is 23.7 Å². The van der Waals surface area contributed by atoms with Gasteiger partial charge in [-0.25, -0.2) is 19.6 Å². The van der Waals surface area contributed by atoms with E-state index in [2.05, 4.69) is 37.4 Å². The van der Waals surface area contributed by atoms with Crippen LogP contribution < -0.4 is 10.6 Å². The summed E-state index contributed by atoms with van der Waals surface area (Å²) >= 11 is 0. The maximum Gasteiger partial charge on any atom is 0.407 e. The summed E-state index contributed by atoms with van der Waals surface area (Å²) in [4.78, 5) is 70.2. The number of imidazole rings is 2. The molecule has 284 valence electrons. The number of methoxy groups -OCH3 is 2. The lowest BCUT2D eigenvalue weighted by Gasteiger charge is -2.30. The van der Waals surface area contributed by atoms with Crippen molar-refractivity contribution >= 4 is 35.0 Å². The zero-order chi connectivity index (χ0) is 42.0. The van der Waals surface area contributed by atoms with E-state index in [4.69, 9.17) is 19.9 Å². The van der Waals surface area contributed by atoms with Gasteiger partial charge in [0.15, 0.2) is 0 Å². The Morgan fingerprint density at radius 1 is 0.815 bits per heavy atom. The molecule has 2 aromatic carbocycles. The number of aromatic nitrogens is 4. The molecule has 14 nitrogen and oxygen atoms in total. The minimum absolute atomic E-state index is 0.0224. The van der Waals surface area contributed by atoms with E-state index in [0.29, 0.717) is 60.6 Å². The van der Waals surface area contributed by atoms with Gasteiger partial charge in [0.25, 0.3) is 0 Å². The normalized spacial score (nSPS) is 19.0. The molecule has 4 N–H and O–H groups in total.